The number of rotatable bonds is 5. The Hall–Kier alpha value is -1.70. The first kappa shape index (κ1) is 18.6. The zero-order chi connectivity index (χ0) is 17.9. The van der Waals surface area contributed by atoms with Crippen molar-refractivity contribution in [1.82, 2.24) is 4.31 Å². The van der Waals surface area contributed by atoms with Gasteiger partial charge in [0, 0.05) is 18.6 Å². The Morgan fingerprint density at radius 1 is 1.12 bits per heavy atom. The van der Waals surface area contributed by atoms with Gasteiger partial charge >= 0.3 is 5.97 Å². The highest BCUT2D eigenvalue weighted by atomic mass is 79.9. The van der Waals surface area contributed by atoms with Crippen molar-refractivity contribution in [3.63, 3.8) is 0 Å². The van der Waals surface area contributed by atoms with Gasteiger partial charge in [-0.2, -0.15) is 0 Å². The van der Waals surface area contributed by atoms with E-state index < -0.39 is 22.1 Å². The van der Waals surface area contributed by atoms with Crippen LogP contribution in [0, 0.1) is 0 Å². The van der Waals surface area contributed by atoms with Crippen LogP contribution >= 0.6 is 15.9 Å². The zero-order valence-corrected chi connectivity index (χ0v) is 16.0. The highest BCUT2D eigenvalue weighted by Crippen LogP contribution is 2.26. The largest absolute Gasteiger partial charge is 0.454 e. The molecule has 0 aliphatic rings. The topological polar surface area (TPSA) is 63.7 Å². The Balaban J connectivity index is 2.28. The van der Waals surface area contributed by atoms with Gasteiger partial charge in [0.1, 0.15) is 6.10 Å². The molecule has 0 amide bonds. The summed E-state index contributed by atoms with van der Waals surface area (Å²) in [6, 6.07) is 13.7. The van der Waals surface area contributed by atoms with Crippen LogP contribution in [0.5, 0.6) is 0 Å². The molecule has 0 N–H and O–H groups in total. The Morgan fingerprint density at radius 2 is 1.75 bits per heavy atom. The smallest absolute Gasteiger partial charge is 0.338 e. The third-order valence-corrected chi connectivity index (χ3v) is 6.29. The number of halogens is 1. The molecule has 2 aromatic rings. The van der Waals surface area contributed by atoms with Crippen LogP contribution in [0.4, 0.5) is 0 Å². The number of carbonyl (C=O) groups excluding carboxylic acids is 1. The van der Waals surface area contributed by atoms with Gasteiger partial charge in [0.2, 0.25) is 10.0 Å². The van der Waals surface area contributed by atoms with Crippen molar-refractivity contribution in [2.75, 3.05) is 14.1 Å². The molecule has 24 heavy (non-hydrogen) atoms. The van der Waals surface area contributed by atoms with E-state index in [2.05, 4.69) is 15.9 Å². The fraction of sp³-hybridized carbons (Fsp3) is 0.235. The molecule has 128 valence electrons. The molecule has 0 saturated carbocycles. The van der Waals surface area contributed by atoms with Crippen molar-refractivity contribution in [3.05, 3.63) is 64.1 Å². The van der Waals surface area contributed by atoms with Crippen LogP contribution in [0.2, 0.25) is 0 Å². The van der Waals surface area contributed by atoms with E-state index in [0.717, 1.165) is 9.87 Å². The maximum Gasteiger partial charge on any atom is 0.338 e. The Labute approximate surface area is 150 Å². The zero-order valence-electron chi connectivity index (χ0n) is 13.6. The van der Waals surface area contributed by atoms with Crippen molar-refractivity contribution >= 4 is 31.9 Å². The Bertz CT molecular complexity index is 835. The molecule has 0 fully saturated rings. The van der Waals surface area contributed by atoms with Gasteiger partial charge in [-0.1, -0.05) is 30.3 Å². The Kier molecular flexibility index (Phi) is 5.79. The second-order valence-electron chi connectivity index (χ2n) is 5.39. The summed E-state index contributed by atoms with van der Waals surface area (Å²) >= 11 is 3.21. The molecule has 0 bridgehead atoms. The lowest BCUT2D eigenvalue weighted by Gasteiger charge is -2.16. The lowest BCUT2D eigenvalue weighted by Crippen LogP contribution is -2.23. The third kappa shape index (κ3) is 4.03. The number of esters is 1. The molecule has 2 aromatic carbocycles. The van der Waals surface area contributed by atoms with Gasteiger partial charge in [-0.25, -0.2) is 17.5 Å². The summed E-state index contributed by atoms with van der Waals surface area (Å²) in [5.74, 6) is -0.575. The van der Waals surface area contributed by atoms with Gasteiger partial charge in [-0.3, -0.25) is 0 Å². The SMILES string of the molecule is C[C@H](OC(=O)c1ccc(Br)c(S(=O)(=O)N(C)C)c1)c1ccccc1. The van der Waals surface area contributed by atoms with Gasteiger partial charge in [0.15, 0.2) is 0 Å². The van der Waals surface area contributed by atoms with Crippen LogP contribution in [-0.4, -0.2) is 32.8 Å². The summed E-state index contributed by atoms with van der Waals surface area (Å²) < 4.78 is 31.5. The minimum atomic E-state index is -3.67. The highest BCUT2D eigenvalue weighted by Gasteiger charge is 2.23. The first-order valence-corrected chi connectivity index (χ1v) is 9.45. The summed E-state index contributed by atoms with van der Waals surface area (Å²) in [5.41, 5.74) is 1.05. The van der Waals surface area contributed by atoms with Crippen LogP contribution in [0.15, 0.2) is 57.9 Å². The molecule has 0 aromatic heterocycles. The van der Waals surface area contributed by atoms with Crippen LogP contribution in [0.1, 0.15) is 28.9 Å². The van der Waals surface area contributed by atoms with Crippen molar-refractivity contribution in [2.24, 2.45) is 0 Å². The monoisotopic (exact) mass is 411 g/mol. The molecule has 7 heteroatoms. The number of hydrogen-bond acceptors (Lipinski definition) is 4. The van der Waals surface area contributed by atoms with Crippen molar-refractivity contribution < 1.29 is 17.9 Å². The average molecular weight is 412 g/mol. The molecule has 0 aliphatic heterocycles. The second-order valence-corrected chi connectivity index (χ2v) is 8.37. The van der Waals surface area contributed by atoms with E-state index in [1.54, 1.807) is 6.92 Å². The molecular formula is C17H18BrNO4S. The normalized spacial score (nSPS) is 12.9. The van der Waals surface area contributed by atoms with E-state index in [0.29, 0.717) is 4.47 Å². The number of ether oxygens (including phenoxy) is 1. The van der Waals surface area contributed by atoms with Crippen LogP contribution in [-0.2, 0) is 14.8 Å². The number of hydrogen-bond donors (Lipinski definition) is 0. The van der Waals surface area contributed by atoms with Gasteiger partial charge in [0.05, 0.1) is 10.5 Å². The summed E-state index contributed by atoms with van der Waals surface area (Å²) in [6.07, 6.45) is -0.434. The van der Waals surface area contributed by atoms with E-state index in [-0.39, 0.29) is 10.5 Å². The van der Waals surface area contributed by atoms with Crippen molar-refractivity contribution in [2.45, 2.75) is 17.9 Å². The van der Waals surface area contributed by atoms with E-state index >= 15 is 0 Å². The number of nitrogens with zero attached hydrogens (tertiary/aromatic N) is 1. The first-order valence-electron chi connectivity index (χ1n) is 7.21. The summed E-state index contributed by atoms with van der Waals surface area (Å²) in [5, 5.41) is 0. The van der Waals surface area contributed by atoms with Gasteiger partial charge in [0.25, 0.3) is 0 Å². The first-order chi connectivity index (χ1) is 11.2. The van der Waals surface area contributed by atoms with Crippen LogP contribution in [0.25, 0.3) is 0 Å². The number of benzene rings is 2. The molecule has 0 aliphatic carbocycles. The fourth-order valence-electron chi connectivity index (χ4n) is 2.05. The van der Waals surface area contributed by atoms with Gasteiger partial charge < -0.3 is 4.74 Å². The van der Waals surface area contributed by atoms with Crippen LogP contribution < -0.4 is 0 Å². The second kappa shape index (κ2) is 7.46. The molecule has 0 saturated heterocycles. The predicted molar refractivity (Wildman–Crippen MR) is 95.3 cm³/mol. The van der Waals surface area contributed by atoms with E-state index in [1.807, 2.05) is 30.3 Å². The van der Waals surface area contributed by atoms with E-state index in [9.17, 15) is 13.2 Å². The molecule has 0 radical (unpaired) electrons. The minimum absolute atomic E-state index is 0.0225. The predicted octanol–water partition coefficient (Wildman–Crippen LogP) is 3.62. The molecule has 0 spiro atoms. The standard InChI is InChI=1S/C17H18BrNO4S/c1-12(13-7-5-4-6-8-13)23-17(20)14-9-10-15(18)16(11-14)24(21,22)19(2)3/h4-12H,1-3H3/t12-/m0/s1. The summed E-state index contributed by atoms with van der Waals surface area (Å²) in [7, 11) is -0.796. The quantitative estimate of drug-likeness (QED) is 0.704. The maximum atomic E-state index is 12.3. The van der Waals surface area contributed by atoms with Crippen molar-refractivity contribution in [1.29, 1.82) is 0 Å². The van der Waals surface area contributed by atoms with Crippen LogP contribution in [0.3, 0.4) is 0 Å². The lowest BCUT2D eigenvalue weighted by atomic mass is 10.1. The average Bonchev–Trinajstić information content (AvgIpc) is 2.55. The third-order valence-electron chi connectivity index (χ3n) is 3.48. The number of sulfonamides is 1. The summed E-state index contributed by atoms with van der Waals surface area (Å²) in [6.45, 7) is 1.77. The molecule has 2 rings (SSSR count). The Morgan fingerprint density at radius 3 is 2.33 bits per heavy atom. The highest BCUT2D eigenvalue weighted by molar-refractivity contribution is 9.10. The minimum Gasteiger partial charge on any atom is -0.454 e. The molecule has 1 atom stereocenters. The summed E-state index contributed by atoms with van der Waals surface area (Å²) in [4.78, 5) is 12.4. The molecular weight excluding hydrogens is 394 g/mol. The maximum absolute atomic E-state index is 12.3. The lowest BCUT2D eigenvalue weighted by molar-refractivity contribution is 0.0337. The van der Waals surface area contributed by atoms with Gasteiger partial charge in [-0.15, -0.1) is 0 Å². The van der Waals surface area contributed by atoms with Gasteiger partial charge in [-0.05, 0) is 46.6 Å². The molecule has 0 unspecified atom stereocenters. The number of carbonyl (C=O) groups is 1. The fourth-order valence-corrected chi connectivity index (χ4v) is 3.89. The van der Waals surface area contributed by atoms with Crippen molar-refractivity contribution in [3.8, 4) is 0 Å². The van der Waals surface area contributed by atoms with E-state index in [4.69, 9.17) is 4.74 Å². The van der Waals surface area contributed by atoms with E-state index in [1.165, 1.54) is 32.3 Å². The molecule has 5 nitrogen and oxygen atoms in total. The molecule has 0 heterocycles.